The highest BCUT2D eigenvalue weighted by atomic mass is 35.5. The summed E-state index contributed by atoms with van der Waals surface area (Å²) in [5.41, 5.74) is 9.71. The average molecular weight is 594 g/mol. The van der Waals surface area contributed by atoms with E-state index in [1.807, 2.05) is 66.7 Å². The third-order valence-electron chi connectivity index (χ3n) is 7.77. The van der Waals surface area contributed by atoms with Gasteiger partial charge in [0.25, 0.3) is 5.91 Å². The van der Waals surface area contributed by atoms with Crippen LogP contribution in [0.5, 0.6) is 5.75 Å². The number of halogens is 2. The summed E-state index contributed by atoms with van der Waals surface area (Å²) in [7, 11) is 0. The molecule has 4 aromatic carbocycles. The molecule has 0 aliphatic carbocycles. The van der Waals surface area contributed by atoms with Gasteiger partial charge in [-0.05, 0) is 90.1 Å². The number of piperidine rings is 1. The van der Waals surface area contributed by atoms with Gasteiger partial charge in [0.05, 0.1) is 6.04 Å². The molecule has 0 aromatic heterocycles. The fourth-order valence-corrected chi connectivity index (χ4v) is 5.70. The molecule has 1 amide bonds. The number of carbonyl (C=O) groups excluding carboxylic acids is 1. The number of rotatable bonds is 6. The molecule has 7 nitrogen and oxygen atoms in total. The predicted molar refractivity (Wildman–Crippen MR) is 168 cm³/mol. The van der Waals surface area contributed by atoms with Gasteiger partial charge < -0.3 is 25.8 Å². The molecule has 0 radical (unpaired) electrons. The van der Waals surface area contributed by atoms with Crippen LogP contribution in [-0.4, -0.2) is 36.0 Å². The van der Waals surface area contributed by atoms with Gasteiger partial charge in [0.2, 0.25) is 0 Å². The first-order valence-corrected chi connectivity index (χ1v) is 13.4. The van der Waals surface area contributed by atoms with Crippen molar-refractivity contribution in [3.8, 4) is 5.75 Å². The van der Waals surface area contributed by atoms with E-state index in [4.69, 9.17) is 15.9 Å². The van der Waals surface area contributed by atoms with Crippen molar-refractivity contribution in [2.45, 2.75) is 37.5 Å². The first kappa shape index (κ1) is 30.3. The molecule has 1 fully saturated rings. The Morgan fingerprint density at radius 1 is 0.951 bits per heavy atom. The molecule has 2 heterocycles. The molecule has 1 saturated heterocycles. The van der Waals surface area contributed by atoms with E-state index in [0.29, 0.717) is 17.5 Å². The molecule has 2 aliphatic rings. The first-order chi connectivity index (χ1) is 19.0. The number of carbonyl (C=O) groups is 1. The minimum Gasteiger partial charge on any atom is -0.490 e. The maximum atomic E-state index is 13.9. The molecular formula is C32H34Cl2N4O3. The number of nitrogens with zero attached hydrogens (tertiary/aromatic N) is 1. The fraction of sp³-hybridized carbons (Fsp3) is 0.250. The number of amidine groups is 1. The molecule has 4 aromatic rings. The van der Waals surface area contributed by atoms with Gasteiger partial charge in [0.1, 0.15) is 17.7 Å². The molecule has 5 N–H and O–H groups in total. The summed E-state index contributed by atoms with van der Waals surface area (Å²) < 4.78 is 6.30. The molecule has 0 spiro atoms. The summed E-state index contributed by atoms with van der Waals surface area (Å²) in [5, 5.41) is 24.3. The highest BCUT2D eigenvalue weighted by Gasteiger charge is 2.38. The number of nitrogen functional groups attached to an aromatic ring is 1. The molecule has 6 rings (SSSR count). The summed E-state index contributed by atoms with van der Waals surface area (Å²) >= 11 is 0. The zero-order chi connectivity index (χ0) is 26.9. The Hall–Kier alpha value is -3.62. The Kier molecular flexibility index (Phi) is 9.56. The second kappa shape index (κ2) is 12.9. The van der Waals surface area contributed by atoms with Crippen LogP contribution in [0.15, 0.2) is 84.9 Å². The van der Waals surface area contributed by atoms with Crippen LogP contribution in [0.4, 0.5) is 5.69 Å². The van der Waals surface area contributed by atoms with Crippen LogP contribution < -0.4 is 20.7 Å². The Morgan fingerprint density at radius 3 is 2.41 bits per heavy atom. The molecule has 2 atom stereocenters. The number of nitrogens with one attached hydrogen (secondary N) is 2. The van der Waals surface area contributed by atoms with Crippen LogP contribution in [0.3, 0.4) is 0 Å². The highest BCUT2D eigenvalue weighted by molar-refractivity contribution is 6.01. The molecule has 0 bridgehead atoms. The third kappa shape index (κ3) is 6.19. The van der Waals surface area contributed by atoms with Gasteiger partial charge in [-0.25, -0.2) is 0 Å². The van der Waals surface area contributed by atoms with Crippen molar-refractivity contribution in [2.75, 3.05) is 18.0 Å². The lowest BCUT2D eigenvalue weighted by atomic mass is 9.97. The van der Waals surface area contributed by atoms with E-state index in [9.17, 15) is 9.90 Å². The van der Waals surface area contributed by atoms with E-state index in [-0.39, 0.29) is 48.7 Å². The molecular weight excluding hydrogens is 559 g/mol. The lowest BCUT2D eigenvalue weighted by molar-refractivity contribution is -0.127. The monoisotopic (exact) mass is 592 g/mol. The summed E-state index contributed by atoms with van der Waals surface area (Å²) in [5.74, 6) is 0.455. The second-order valence-electron chi connectivity index (χ2n) is 10.3. The standard InChI is InChI=1S/C32H32N4O3.2ClH/c33-31(34)23-9-7-20-6-8-22(16-24(20)17-23)29-19-25-18-27(39-26-12-14-35-15-13-26)10-11-28(25)36(29)32(38)30(37)21-4-2-1-3-5-21;;/h1-11,16-18,26,29-30,35,37H,12-15,19H2,(H3,33,34);2*1H/t29-,30+;;/m1../s1. The van der Waals surface area contributed by atoms with Crippen LogP contribution >= 0.6 is 24.8 Å². The number of anilines is 1. The smallest absolute Gasteiger partial charge is 0.261 e. The quantitative estimate of drug-likeness (QED) is 0.175. The number of aliphatic hydroxyl groups excluding tert-OH is 1. The van der Waals surface area contributed by atoms with Gasteiger partial charge in [0, 0.05) is 11.3 Å². The largest absolute Gasteiger partial charge is 0.490 e. The number of hydrogen-bond donors (Lipinski definition) is 4. The third-order valence-corrected chi connectivity index (χ3v) is 7.77. The lowest BCUT2D eigenvalue weighted by Gasteiger charge is -2.28. The number of hydrogen-bond acceptors (Lipinski definition) is 5. The molecule has 214 valence electrons. The number of aliphatic hydroxyl groups is 1. The number of benzene rings is 4. The molecule has 2 aliphatic heterocycles. The van der Waals surface area contributed by atoms with Crippen molar-refractivity contribution in [1.82, 2.24) is 5.32 Å². The summed E-state index contributed by atoms with van der Waals surface area (Å²) in [6.45, 7) is 1.90. The lowest BCUT2D eigenvalue weighted by Crippen LogP contribution is -2.36. The zero-order valence-electron chi connectivity index (χ0n) is 22.5. The number of amides is 1. The number of fused-ring (bicyclic) bond motifs is 2. The van der Waals surface area contributed by atoms with E-state index in [2.05, 4.69) is 11.4 Å². The average Bonchev–Trinajstić information content (AvgIpc) is 3.35. The van der Waals surface area contributed by atoms with Crippen LogP contribution in [0.2, 0.25) is 0 Å². The molecule has 9 heteroatoms. The molecule has 41 heavy (non-hydrogen) atoms. The Balaban J connectivity index is 0.00000194. The van der Waals surface area contributed by atoms with E-state index < -0.39 is 6.10 Å². The first-order valence-electron chi connectivity index (χ1n) is 13.4. The minimum absolute atomic E-state index is 0. The summed E-state index contributed by atoms with van der Waals surface area (Å²) in [4.78, 5) is 15.6. The number of ether oxygens (including phenoxy) is 1. The van der Waals surface area contributed by atoms with Gasteiger partial charge in [0.15, 0.2) is 6.10 Å². The fourth-order valence-electron chi connectivity index (χ4n) is 5.70. The number of nitrogens with two attached hydrogens (primary N) is 1. The van der Waals surface area contributed by atoms with Crippen molar-refractivity contribution in [3.63, 3.8) is 0 Å². The van der Waals surface area contributed by atoms with Crippen molar-refractivity contribution in [3.05, 3.63) is 107 Å². The second-order valence-corrected chi connectivity index (χ2v) is 10.3. The van der Waals surface area contributed by atoms with Gasteiger partial charge in [-0.1, -0.05) is 54.6 Å². The van der Waals surface area contributed by atoms with Gasteiger partial charge >= 0.3 is 0 Å². The highest BCUT2D eigenvalue weighted by Crippen LogP contribution is 2.44. The zero-order valence-corrected chi connectivity index (χ0v) is 24.1. The van der Waals surface area contributed by atoms with Crippen LogP contribution in [0, 0.1) is 5.41 Å². The summed E-state index contributed by atoms with van der Waals surface area (Å²) in [6.07, 6.45) is 1.43. The Bertz CT molecular complexity index is 1540. The normalized spacial score (nSPS) is 17.2. The Labute approximate surface area is 252 Å². The maximum absolute atomic E-state index is 13.9. The van der Waals surface area contributed by atoms with Crippen molar-refractivity contribution < 1.29 is 14.6 Å². The van der Waals surface area contributed by atoms with E-state index in [0.717, 1.165) is 59.3 Å². The molecule has 0 saturated carbocycles. The topological polar surface area (TPSA) is 112 Å². The van der Waals surface area contributed by atoms with Crippen molar-refractivity contribution in [1.29, 1.82) is 5.41 Å². The predicted octanol–water partition coefficient (Wildman–Crippen LogP) is 5.46. The van der Waals surface area contributed by atoms with Gasteiger partial charge in [-0.2, -0.15) is 0 Å². The van der Waals surface area contributed by atoms with E-state index in [1.165, 1.54) is 0 Å². The van der Waals surface area contributed by atoms with E-state index in [1.54, 1.807) is 17.0 Å². The SMILES string of the molecule is Cl.Cl.N=C(N)c1ccc2ccc([C@H]3Cc4cc(OC5CCNCC5)ccc4N3C(=O)[C@@H](O)c3ccccc3)cc2c1. The van der Waals surface area contributed by atoms with Crippen LogP contribution in [0.25, 0.3) is 10.8 Å². The van der Waals surface area contributed by atoms with Crippen LogP contribution in [0.1, 0.15) is 47.2 Å². The van der Waals surface area contributed by atoms with Gasteiger partial charge in [-0.3, -0.25) is 10.2 Å². The van der Waals surface area contributed by atoms with Crippen LogP contribution in [-0.2, 0) is 11.2 Å². The summed E-state index contributed by atoms with van der Waals surface area (Å²) in [6, 6.07) is 26.5. The maximum Gasteiger partial charge on any atom is 0.261 e. The van der Waals surface area contributed by atoms with E-state index >= 15 is 0 Å². The van der Waals surface area contributed by atoms with Crippen molar-refractivity contribution in [2.24, 2.45) is 5.73 Å². The van der Waals surface area contributed by atoms with Crippen molar-refractivity contribution >= 4 is 53.0 Å². The Morgan fingerprint density at radius 2 is 1.68 bits per heavy atom. The van der Waals surface area contributed by atoms with Gasteiger partial charge in [-0.15, -0.1) is 24.8 Å². The molecule has 0 unspecified atom stereocenters. The minimum atomic E-state index is -1.28.